The van der Waals surface area contributed by atoms with Gasteiger partial charge in [-0.2, -0.15) is 0 Å². The lowest BCUT2D eigenvalue weighted by atomic mass is 9.70. The number of benzene rings is 1. The van der Waals surface area contributed by atoms with Crippen LogP contribution in [0.15, 0.2) is 35.2 Å². The molecule has 0 aliphatic heterocycles. The number of allylic oxidation sites excluding steroid dienone is 2. The Labute approximate surface area is 190 Å². The van der Waals surface area contributed by atoms with E-state index < -0.39 is 15.1 Å². The highest BCUT2D eigenvalue weighted by atomic mass is 32.5. The fourth-order valence-electron chi connectivity index (χ4n) is 5.63. The lowest BCUT2D eigenvalue weighted by Gasteiger charge is -2.40. The van der Waals surface area contributed by atoms with Crippen molar-refractivity contribution in [3.05, 3.63) is 35.9 Å². The smallest absolute Gasteiger partial charge is 0.0936 e. The number of rotatable bonds is 10. The van der Waals surface area contributed by atoms with Crippen molar-refractivity contribution < 1.29 is 19.4 Å². The number of halogens is 5. The molecule has 0 radical (unpaired) electrons. The van der Waals surface area contributed by atoms with Crippen molar-refractivity contribution in [3.63, 3.8) is 0 Å². The molecule has 0 heterocycles. The molecular weight excluding hydrogens is 439 g/mol. The zero-order valence-electron chi connectivity index (χ0n) is 19.3. The Morgan fingerprint density at radius 2 is 1.38 bits per heavy atom. The first-order valence-electron chi connectivity index (χ1n) is 12.5. The molecule has 0 N–H and O–H groups in total. The molecule has 2 aliphatic rings. The van der Waals surface area contributed by atoms with Gasteiger partial charge in [-0.25, -0.2) is 0 Å². The molecular formula is C26H39F5S. The third-order valence-electron chi connectivity index (χ3n) is 7.65. The van der Waals surface area contributed by atoms with Gasteiger partial charge in [0.25, 0.3) is 0 Å². The lowest BCUT2D eigenvalue weighted by Crippen LogP contribution is -2.23. The van der Waals surface area contributed by atoms with E-state index >= 15 is 0 Å². The highest BCUT2D eigenvalue weighted by Crippen LogP contribution is 3.02. The molecule has 0 spiro atoms. The van der Waals surface area contributed by atoms with E-state index in [1.807, 2.05) is 0 Å². The molecule has 1 aromatic rings. The molecule has 1 aromatic carbocycles. The Bertz CT molecular complexity index is 758. The quantitative estimate of drug-likeness (QED) is 0.232. The van der Waals surface area contributed by atoms with E-state index in [4.69, 9.17) is 0 Å². The SMILES string of the molecule is CCCCCCCC[C@H]1CC[C@H](C2CC=C(c3ccc(S(F)(F)(F)(F)F)cc3)CC2)CC1. The van der Waals surface area contributed by atoms with Crippen molar-refractivity contribution in [1.82, 2.24) is 0 Å². The standard InChI is InChI=1S/C26H39F5S/c1-2-3-4-5-6-7-8-21-9-11-22(12-10-21)23-13-15-24(16-14-23)25-17-19-26(20-18-25)32(27,28,29,30)31/h15,17-23H,2-14,16H2,1H3/t21-,22-,23?. The van der Waals surface area contributed by atoms with Gasteiger partial charge in [0.2, 0.25) is 0 Å². The van der Waals surface area contributed by atoms with E-state index in [9.17, 15) is 19.4 Å². The summed E-state index contributed by atoms with van der Waals surface area (Å²) < 4.78 is 64.6. The zero-order valence-corrected chi connectivity index (χ0v) is 20.1. The van der Waals surface area contributed by atoms with Gasteiger partial charge in [0, 0.05) is 0 Å². The van der Waals surface area contributed by atoms with Crippen LogP contribution in [0.4, 0.5) is 19.4 Å². The van der Waals surface area contributed by atoms with Crippen molar-refractivity contribution in [2.75, 3.05) is 0 Å². The molecule has 0 saturated heterocycles. The van der Waals surface area contributed by atoms with E-state index in [1.165, 1.54) is 82.8 Å². The molecule has 0 nitrogen and oxygen atoms in total. The minimum absolute atomic E-state index is 0.537. The summed E-state index contributed by atoms with van der Waals surface area (Å²) in [4.78, 5) is -1.80. The Morgan fingerprint density at radius 3 is 1.94 bits per heavy atom. The zero-order chi connectivity index (χ0) is 23.3. The summed E-state index contributed by atoms with van der Waals surface area (Å²) in [7, 11) is -9.59. The minimum atomic E-state index is -9.59. The average molecular weight is 479 g/mol. The summed E-state index contributed by atoms with van der Waals surface area (Å²) in [5.74, 6) is 2.29. The lowest BCUT2D eigenvalue weighted by molar-refractivity contribution is 0.187. The van der Waals surface area contributed by atoms with Crippen molar-refractivity contribution in [3.8, 4) is 0 Å². The van der Waals surface area contributed by atoms with Gasteiger partial charge in [-0.3, -0.25) is 0 Å². The Morgan fingerprint density at radius 1 is 0.750 bits per heavy atom. The third-order valence-corrected chi connectivity index (χ3v) is 8.81. The topological polar surface area (TPSA) is 0 Å². The van der Waals surface area contributed by atoms with Gasteiger partial charge in [-0.1, -0.05) is 102 Å². The monoisotopic (exact) mass is 478 g/mol. The molecule has 0 bridgehead atoms. The normalized spacial score (nSPS) is 26.8. The maximum atomic E-state index is 12.9. The molecule has 1 saturated carbocycles. The molecule has 1 unspecified atom stereocenters. The molecule has 1 atom stereocenters. The van der Waals surface area contributed by atoms with Crippen molar-refractivity contribution in [2.45, 2.75) is 102 Å². The van der Waals surface area contributed by atoms with Crippen molar-refractivity contribution >= 4 is 15.8 Å². The van der Waals surface area contributed by atoms with E-state index in [-0.39, 0.29) is 0 Å². The molecule has 0 amide bonds. The second-order valence-electron chi connectivity index (χ2n) is 10.1. The van der Waals surface area contributed by atoms with Crippen LogP contribution in [0.2, 0.25) is 0 Å². The average Bonchev–Trinajstić information content (AvgIpc) is 2.75. The summed E-state index contributed by atoms with van der Waals surface area (Å²) in [6.07, 6.45) is 19.7. The van der Waals surface area contributed by atoms with Crippen LogP contribution in [0, 0.1) is 17.8 Å². The van der Waals surface area contributed by atoms with E-state index in [0.717, 1.165) is 36.7 Å². The number of hydrogen-bond donors (Lipinski definition) is 0. The predicted octanol–water partition coefficient (Wildman–Crippen LogP) is 11.1. The van der Waals surface area contributed by atoms with E-state index in [1.54, 1.807) is 0 Å². The second-order valence-corrected chi connectivity index (χ2v) is 12.5. The second kappa shape index (κ2) is 9.68. The molecule has 184 valence electrons. The molecule has 0 aromatic heterocycles. The van der Waals surface area contributed by atoms with Crippen LogP contribution in [0.3, 0.4) is 0 Å². The first kappa shape index (κ1) is 25.6. The Kier molecular flexibility index (Phi) is 7.73. The van der Waals surface area contributed by atoms with Gasteiger partial charge in [-0.05, 0) is 73.1 Å². The van der Waals surface area contributed by atoms with Crippen LogP contribution in [0.5, 0.6) is 0 Å². The summed E-state index contributed by atoms with van der Waals surface area (Å²) >= 11 is 0. The molecule has 32 heavy (non-hydrogen) atoms. The molecule has 3 rings (SSSR count). The van der Waals surface area contributed by atoms with Crippen LogP contribution >= 0.6 is 10.2 Å². The predicted molar refractivity (Wildman–Crippen MR) is 127 cm³/mol. The van der Waals surface area contributed by atoms with Gasteiger partial charge < -0.3 is 0 Å². The summed E-state index contributed by atoms with van der Waals surface area (Å²) in [5, 5.41) is 0. The van der Waals surface area contributed by atoms with E-state index in [0.29, 0.717) is 23.6 Å². The highest BCUT2D eigenvalue weighted by Gasteiger charge is 2.65. The first-order valence-corrected chi connectivity index (χ1v) is 14.4. The van der Waals surface area contributed by atoms with Crippen LogP contribution in [-0.4, -0.2) is 0 Å². The fraction of sp³-hybridized carbons (Fsp3) is 0.692. The van der Waals surface area contributed by atoms with Gasteiger partial charge in [-0.15, -0.1) is 0 Å². The van der Waals surface area contributed by atoms with Crippen molar-refractivity contribution in [2.24, 2.45) is 17.8 Å². The molecule has 2 aliphatic carbocycles. The van der Waals surface area contributed by atoms with Crippen molar-refractivity contribution in [1.29, 1.82) is 0 Å². The van der Waals surface area contributed by atoms with Crippen LogP contribution in [-0.2, 0) is 0 Å². The summed E-state index contributed by atoms with van der Waals surface area (Å²) in [5.41, 5.74) is 1.63. The first-order chi connectivity index (χ1) is 15.0. The maximum absolute atomic E-state index is 12.9. The minimum Gasteiger partial charge on any atom is -0.0936 e. The maximum Gasteiger partial charge on any atom is 0.310 e. The van der Waals surface area contributed by atoms with Crippen LogP contribution < -0.4 is 0 Å². The summed E-state index contributed by atoms with van der Waals surface area (Å²) in [6.45, 7) is 2.25. The van der Waals surface area contributed by atoms with Crippen LogP contribution in [0.1, 0.15) is 102 Å². The number of hydrogen-bond acceptors (Lipinski definition) is 0. The summed E-state index contributed by atoms with van der Waals surface area (Å²) in [6, 6.07) is 3.48. The third kappa shape index (κ3) is 7.50. The Balaban J connectivity index is 1.43. The molecule has 6 heteroatoms. The fourth-order valence-corrected chi connectivity index (χ4v) is 6.28. The van der Waals surface area contributed by atoms with Gasteiger partial charge >= 0.3 is 10.2 Å². The largest absolute Gasteiger partial charge is 0.310 e. The highest BCUT2D eigenvalue weighted by molar-refractivity contribution is 8.45. The van der Waals surface area contributed by atoms with Gasteiger partial charge in [0.05, 0.1) is 0 Å². The Hall–Kier alpha value is -1.04. The van der Waals surface area contributed by atoms with Gasteiger partial charge in [0.1, 0.15) is 4.90 Å². The van der Waals surface area contributed by atoms with Gasteiger partial charge in [0.15, 0.2) is 0 Å². The van der Waals surface area contributed by atoms with E-state index in [2.05, 4.69) is 13.0 Å². The van der Waals surface area contributed by atoms with Crippen LogP contribution in [0.25, 0.3) is 5.57 Å². The molecule has 1 fully saturated rings. The number of unbranched alkanes of at least 4 members (excludes halogenated alkanes) is 5.